The minimum absolute atomic E-state index is 0.501. The lowest BCUT2D eigenvalue weighted by atomic mass is 9.94. The van der Waals surface area contributed by atoms with Crippen LogP contribution in [-0.4, -0.2) is 80.8 Å². The lowest BCUT2D eigenvalue weighted by Gasteiger charge is -2.38. The maximum atomic E-state index is 6.08. The van der Waals surface area contributed by atoms with Crippen LogP contribution in [0.1, 0.15) is 40.0 Å². The number of hydrogen-bond acceptors (Lipinski definition) is 4. The van der Waals surface area contributed by atoms with Crippen LogP contribution in [-0.2, 0) is 4.74 Å². The fraction of sp³-hybridized carbons (Fsp3) is 0.947. The fourth-order valence-electron chi connectivity index (χ4n) is 3.70. The summed E-state index contributed by atoms with van der Waals surface area (Å²) in [5.41, 5.74) is 6.08. The van der Waals surface area contributed by atoms with E-state index >= 15 is 0 Å². The molecule has 3 N–H and O–H groups in total. The van der Waals surface area contributed by atoms with Gasteiger partial charge in [-0.25, -0.2) is 0 Å². The number of nitrogens with two attached hydrogens (primary N) is 1. The minimum atomic E-state index is 0.501. The molecule has 0 aromatic carbocycles. The van der Waals surface area contributed by atoms with Crippen molar-refractivity contribution in [2.75, 3.05) is 59.0 Å². The Hall–Kier alpha value is -0.850. The first-order valence-electron chi connectivity index (χ1n) is 10.1. The normalized spacial score (nSPS) is 23.1. The molecular formula is C19H39N5O. The molecule has 2 saturated heterocycles. The van der Waals surface area contributed by atoms with E-state index in [1.165, 1.54) is 25.9 Å². The summed E-state index contributed by atoms with van der Waals surface area (Å²) in [5, 5.41) is 3.28. The highest BCUT2D eigenvalue weighted by atomic mass is 16.5. The molecule has 1 unspecified atom stereocenters. The smallest absolute Gasteiger partial charge is 0.188 e. The second-order valence-electron chi connectivity index (χ2n) is 7.99. The van der Waals surface area contributed by atoms with Crippen LogP contribution in [0.5, 0.6) is 0 Å². The topological polar surface area (TPSA) is 66.1 Å². The van der Waals surface area contributed by atoms with Crippen molar-refractivity contribution < 1.29 is 4.74 Å². The number of rotatable bonds is 8. The van der Waals surface area contributed by atoms with Crippen molar-refractivity contribution in [3.05, 3.63) is 0 Å². The van der Waals surface area contributed by atoms with Gasteiger partial charge in [0.15, 0.2) is 5.96 Å². The number of morpholine rings is 1. The van der Waals surface area contributed by atoms with E-state index in [1.807, 2.05) is 0 Å². The molecule has 25 heavy (non-hydrogen) atoms. The van der Waals surface area contributed by atoms with Crippen molar-refractivity contribution >= 4 is 5.96 Å². The molecule has 0 amide bonds. The number of aliphatic imine (C=N–C) groups is 1. The van der Waals surface area contributed by atoms with Crippen molar-refractivity contribution in [3.8, 4) is 0 Å². The SMILES string of the molecule is CC1CCN(C(CN=C(N)NCCCN2CCOCC2)C(C)C)CC1. The first-order chi connectivity index (χ1) is 12.1. The van der Waals surface area contributed by atoms with E-state index in [4.69, 9.17) is 10.5 Å². The lowest BCUT2D eigenvalue weighted by Crippen LogP contribution is -2.46. The third-order valence-electron chi connectivity index (χ3n) is 5.57. The van der Waals surface area contributed by atoms with Crippen molar-refractivity contribution in [1.29, 1.82) is 0 Å². The third kappa shape index (κ3) is 7.50. The Balaban J connectivity index is 1.66. The summed E-state index contributed by atoms with van der Waals surface area (Å²) in [6, 6.07) is 0.501. The molecule has 2 fully saturated rings. The summed E-state index contributed by atoms with van der Waals surface area (Å²) < 4.78 is 5.37. The summed E-state index contributed by atoms with van der Waals surface area (Å²) in [6.45, 7) is 16.0. The third-order valence-corrected chi connectivity index (χ3v) is 5.57. The van der Waals surface area contributed by atoms with E-state index in [2.05, 4.69) is 40.9 Å². The highest BCUT2D eigenvalue weighted by Gasteiger charge is 2.25. The van der Waals surface area contributed by atoms with Crippen LogP contribution in [0.4, 0.5) is 0 Å². The number of nitrogens with zero attached hydrogens (tertiary/aromatic N) is 3. The van der Waals surface area contributed by atoms with E-state index in [1.54, 1.807) is 0 Å². The van der Waals surface area contributed by atoms with Gasteiger partial charge in [0.05, 0.1) is 19.8 Å². The Kier molecular flexibility index (Phi) is 8.99. The molecule has 2 aliphatic rings. The van der Waals surface area contributed by atoms with Gasteiger partial charge in [-0.05, 0) is 50.7 Å². The second kappa shape index (κ2) is 11.0. The van der Waals surface area contributed by atoms with Crippen LogP contribution in [0.15, 0.2) is 4.99 Å². The summed E-state index contributed by atoms with van der Waals surface area (Å²) in [4.78, 5) is 9.69. The van der Waals surface area contributed by atoms with Crippen LogP contribution in [0, 0.1) is 11.8 Å². The Morgan fingerprint density at radius 2 is 1.88 bits per heavy atom. The van der Waals surface area contributed by atoms with Crippen molar-refractivity contribution in [2.24, 2.45) is 22.6 Å². The van der Waals surface area contributed by atoms with Crippen LogP contribution >= 0.6 is 0 Å². The quantitative estimate of drug-likeness (QED) is 0.392. The molecule has 2 aliphatic heterocycles. The zero-order valence-electron chi connectivity index (χ0n) is 16.5. The zero-order valence-corrected chi connectivity index (χ0v) is 16.5. The van der Waals surface area contributed by atoms with Gasteiger partial charge in [0.2, 0.25) is 0 Å². The van der Waals surface area contributed by atoms with Crippen molar-refractivity contribution in [2.45, 2.75) is 46.1 Å². The van der Waals surface area contributed by atoms with Gasteiger partial charge in [0.1, 0.15) is 0 Å². The van der Waals surface area contributed by atoms with Gasteiger partial charge in [-0.2, -0.15) is 0 Å². The molecular weight excluding hydrogens is 314 g/mol. The molecule has 0 aromatic heterocycles. The Morgan fingerprint density at radius 1 is 1.20 bits per heavy atom. The van der Waals surface area contributed by atoms with Crippen molar-refractivity contribution in [3.63, 3.8) is 0 Å². The number of guanidine groups is 1. The summed E-state index contributed by atoms with van der Waals surface area (Å²) >= 11 is 0. The maximum Gasteiger partial charge on any atom is 0.188 e. The van der Waals surface area contributed by atoms with Gasteiger partial charge in [0, 0.05) is 25.7 Å². The summed E-state index contributed by atoms with van der Waals surface area (Å²) in [5.74, 6) is 2.06. The Morgan fingerprint density at radius 3 is 2.52 bits per heavy atom. The molecule has 0 spiro atoms. The van der Waals surface area contributed by atoms with E-state index in [0.29, 0.717) is 17.9 Å². The highest BCUT2D eigenvalue weighted by Crippen LogP contribution is 2.21. The lowest BCUT2D eigenvalue weighted by molar-refractivity contribution is 0.0376. The molecule has 6 heteroatoms. The van der Waals surface area contributed by atoms with E-state index in [-0.39, 0.29) is 0 Å². The standard InChI is InChI=1S/C19H39N5O/c1-16(2)18(24-9-5-17(3)6-10-24)15-22-19(20)21-7-4-8-23-11-13-25-14-12-23/h16-18H,4-15H2,1-3H3,(H3,20,21,22). The zero-order chi connectivity index (χ0) is 18.1. The van der Waals surface area contributed by atoms with E-state index in [0.717, 1.165) is 58.3 Å². The fourth-order valence-corrected chi connectivity index (χ4v) is 3.70. The molecule has 0 aliphatic carbocycles. The molecule has 0 saturated carbocycles. The van der Waals surface area contributed by atoms with E-state index < -0.39 is 0 Å². The minimum Gasteiger partial charge on any atom is -0.379 e. The number of piperidine rings is 1. The van der Waals surface area contributed by atoms with Gasteiger partial charge in [-0.15, -0.1) is 0 Å². The van der Waals surface area contributed by atoms with Gasteiger partial charge in [0.25, 0.3) is 0 Å². The molecule has 0 bridgehead atoms. The van der Waals surface area contributed by atoms with Gasteiger partial charge in [-0.1, -0.05) is 20.8 Å². The molecule has 146 valence electrons. The summed E-state index contributed by atoms with van der Waals surface area (Å²) in [6.07, 6.45) is 3.71. The first-order valence-corrected chi connectivity index (χ1v) is 10.1. The first kappa shape index (κ1) is 20.5. The van der Waals surface area contributed by atoms with Crippen LogP contribution in [0.25, 0.3) is 0 Å². The maximum absolute atomic E-state index is 6.08. The molecule has 2 rings (SSSR count). The number of ether oxygens (including phenoxy) is 1. The molecule has 6 nitrogen and oxygen atoms in total. The van der Waals surface area contributed by atoms with E-state index in [9.17, 15) is 0 Å². The number of likely N-dealkylation sites (tertiary alicyclic amines) is 1. The monoisotopic (exact) mass is 353 g/mol. The molecule has 2 heterocycles. The predicted molar refractivity (Wildman–Crippen MR) is 105 cm³/mol. The van der Waals surface area contributed by atoms with Gasteiger partial charge in [-0.3, -0.25) is 14.8 Å². The van der Waals surface area contributed by atoms with Crippen LogP contribution in [0.3, 0.4) is 0 Å². The van der Waals surface area contributed by atoms with Gasteiger partial charge < -0.3 is 15.8 Å². The average molecular weight is 354 g/mol. The van der Waals surface area contributed by atoms with Crippen molar-refractivity contribution in [1.82, 2.24) is 15.1 Å². The largest absolute Gasteiger partial charge is 0.379 e. The number of nitrogens with one attached hydrogen (secondary N) is 1. The molecule has 0 radical (unpaired) electrons. The molecule has 1 atom stereocenters. The Bertz CT molecular complexity index is 387. The Labute approximate surface area is 154 Å². The summed E-state index contributed by atoms with van der Waals surface area (Å²) in [7, 11) is 0. The second-order valence-corrected chi connectivity index (χ2v) is 7.99. The highest BCUT2D eigenvalue weighted by molar-refractivity contribution is 5.77. The predicted octanol–water partition coefficient (Wildman–Crippen LogP) is 1.37. The number of hydrogen-bond donors (Lipinski definition) is 2. The average Bonchev–Trinajstić information content (AvgIpc) is 2.61. The van der Waals surface area contributed by atoms with Gasteiger partial charge >= 0.3 is 0 Å². The van der Waals surface area contributed by atoms with Crippen LogP contribution < -0.4 is 11.1 Å². The van der Waals surface area contributed by atoms with Crippen LogP contribution in [0.2, 0.25) is 0 Å². The molecule has 0 aromatic rings.